The normalized spacial score (nSPS) is 11.6. The minimum absolute atomic E-state index is 0.166. The number of hydrogen-bond acceptors (Lipinski definition) is 37. The van der Waals surface area contributed by atoms with Crippen LogP contribution in [0, 0.1) is 76.2 Å². The number of thiophene rings is 7. The summed E-state index contributed by atoms with van der Waals surface area (Å²) in [5.41, 5.74) is 55.8. The fourth-order valence-corrected chi connectivity index (χ4v) is 21.0. The molecule has 20 rings (SSSR count). The van der Waals surface area contributed by atoms with Crippen LogP contribution >= 0.6 is 79.4 Å². The van der Waals surface area contributed by atoms with Crippen molar-refractivity contribution in [3.05, 3.63) is 263 Å². The molecule has 0 radical (unpaired) electrons. The Hall–Kier alpha value is -15.0. The number of nitrogens with one attached hydrogen (secondary N) is 6. The molecule has 694 valence electrons. The number of nitrogen functional groups attached to an aromatic ring is 6. The van der Waals surface area contributed by atoms with Crippen LogP contribution in [0.4, 0.5) is 34.1 Å². The van der Waals surface area contributed by atoms with Gasteiger partial charge in [0.05, 0.1) is 107 Å². The molecule has 136 heavy (non-hydrogen) atoms. The lowest BCUT2D eigenvalue weighted by Gasteiger charge is -2.06. The number of benzene rings is 2. The average Bonchev–Trinajstić information content (AvgIpc) is 1.66. The summed E-state index contributed by atoms with van der Waals surface area (Å²) in [5, 5.41) is 73.0. The summed E-state index contributed by atoms with van der Waals surface area (Å²) < 4.78 is 11.0. The van der Waals surface area contributed by atoms with Gasteiger partial charge >= 0.3 is 0 Å². The summed E-state index contributed by atoms with van der Waals surface area (Å²) in [6, 6.07) is 28.8. The van der Waals surface area contributed by atoms with Crippen LogP contribution in [0.1, 0.15) is 164 Å². The number of carbonyl (C=O) groups is 6. The Kier molecular flexibility index (Phi) is 29.8. The van der Waals surface area contributed by atoms with E-state index in [2.05, 4.69) is 125 Å². The van der Waals surface area contributed by atoms with Crippen LogP contribution in [0.2, 0.25) is 0 Å². The molecule has 0 saturated heterocycles. The van der Waals surface area contributed by atoms with E-state index in [1.54, 1.807) is 54.5 Å². The van der Waals surface area contributed by atoms with Crippen LogP contribution in [-0.2, 0) is 52.1 Å². The van der Waals surface area contributed by atoms with Gasteiger partial charge in [0, 0.05) is 100 Å². The van der Waals surface area contributed by atoms with E-state index < -0.39 is 0 Å². The third-order valence-electron chi connectivity index (χ3n) is 22.3. The van der Waals surface area contributed by atoms with Gasteiger partial charge in [-0.25, -0.2) is 9.97 Å². The molecule has 0 bridgehead atoms. The standard InChI is InChI=1S/C18H18N4O2S.C16H17N5OS.C16H14N4O2S.C15H15N5OS.C14H14N6OS.C14H14N4OS2/c1-9-10(2)21-22-18-14(9)15(19)16(25-18)17(23)20-8-11-3-4-13-12(7-11)5-6-24-13;1-8-6-11(4-5-18-8)7-19-15(22)14-13(17)12-9(2)10(3)20-21-16(12)23-14;17-13-11-3-5-19-20-16(11)23-14(13)15(21)18-8-9-1-2-12-10(7-9)4-6-22-12;1-8-9(2)19-20-15-11(8)12(16)13(22-15)14(21)18-7-10-5-3-4-6-17-10;1-7-8(2)19-20-14-10(7)11(15)12(22-14)13(21)18-6-9-16-4-3-5-17-9;1-7-8(2)17-18-14-10(7)11(15)12(21-14)13(19)16-6-9-4-3-5-20-9/h3-4,7H,5-6,8,19H2,1-2H3,(H,20,23);4-6H,7,17H2,1-3H3,(H,19,22);1-3,5,7H,4,6,8,17H2,(H,18,21);3-6H,7,16H2,1-2H3,(H,18,21);3-5H,6,15H2,1-2H3,(H,18,21);3-5H,6,15H2,1-2H3,(H,16,19). The number of rotatable bonds is 18. The SMILES string of the molecule is Cc1cc(CNC(=O)c2sc3nnc(C)c(C)c3c2N)ccn1.Cc1nnc2sc(C(=O)NCc3ccc4c(c3)CCO4)c(N)c2c1C.Cc1nnc2sc(C(=O)NCc3ccccn3)c(N)c2c1C.Cc1nnc2sc(C(=O)NCc3cccs3)c(N)c2c1C.Cc1nnc2sc(C(=O)NCc3ncccn3)c(N)c2c1C.Nc1c(C(=O)NCc2ccc3c(c2)CCO3)sc2nnccc12. The van der Waals surface area contributed by atoms with E-state index in [9.17, 15) is 28.8 Å². The first-order valence-electron chi connectivity index (χ1n) is 42.3. The van der Waals surface area contributed by atoms with Crippen molar-refractivity contribution in [3.63, 3.8) is 0 Å². The molecule has 2 aliphatic rings. The van der Waals surface area contributed by atoms with Gasteiger partial charge in [0.25, 0.3) is 35.4 Å². The lowest BCUT2D eigenvalue weighted by Crippen LogP contribution is -2.23. The second-order valence-corrected chi connectivity index (χ2v) is 38.3. The van der Waals surface area contributed by atoms with Crippen LogP contribution in [0.25, 0.3) is 61.3 Å². The van der Waals surface area contributed by atoms with Crippen molar-refractivity contribution in [2.75, 3.05) is 47.6 Å². The predicted octanol–water partition coefficient (Wildman–Crippen LogP) is 14.1. The average molecular weight is 1950 g/mol. The number of amides is 6. The van der Waals surface area contributed by atoms with E-state index in [0.29, 0.717) is 131 Å². The minimum atomic E-state index is -0.259. The van der Waals surface area contributed by atoms with Gasteiger partial charge in [0.2, 0.25) is 0 Å². The molecule has 0 unspecified atom stereocenters. The third-order valence-corrected chi connectivity index (χ3v) is 29.8. The Bertz CT molecular complexity index is 7450. The highest BCUT2D eigenvalue weighted by molar-refractivity contribution is 7.23. The topological polar surface area (TPSA) is 555 Å². The summed E-state index contributed by atoms with van der Waals surface area (Å²) in [4.78, 5) is 98.9. The zero-order valence-electron chi connectivity index (χ0n) is 75.4. The van der Waals surface area contributed by atoms with Gasteiger partial charge in [0.1, 0.15) is 75.6 Å². The number of nitrogens with zero attached hydrogens (tertiary/aromatic N) is 16. The Morgan fingerprint density at radius 1 is 0.331 bits per heavy atom. The molecule has 0 aliphatic carbocycles. The zero-order chi connectivity index (χ0) is 96.3. The second-order valence-electron chi connectivity index (χ2n) is 31.3. The summed E-state index contributed by atoms with van der Waals surface area (Å²) in [7, 11) is 0. The van der Waals surface area contributed by atoms with Crippen molar-refractivity contribution < 1.29 is 38.2 Å². The maximum absolute atomic E-state index is 12.6. The van der Waals surface area contributed by atoms with Crippen molar-refractivity contribution in [3.8, 4) is 11.5 Å². The predicted molar refractivity (Wildman–Crippen MR) is 536 cm³/mol. The summed E-state index contributed by atoms with van der Waals surface area (Å²) >= 11 is 9.20. The maximum Gasteiger partial charge on any atom is 0.263 e. The molecule has 43 heteroatoms. The second kappa shape index (κ2) is 42.5. The summed E-state index contributed by atoms with van der Waals surface area (Å²) in [6.07, 6.45) is 10.1. The number of pyridine rings is 2. The molecule has 6 amide bonds. The molecule has 0 spiro atoms. The molecule has 16 aromatic heterocycles. The first-order valence-corrected chi connectivity index (χ1v) is 48.1. The van der Waals surface area contributed by atoms with E-state index >= 15 is 0 Å². The molecule has 0 atom stereocenters. The number of aromatic nitrogens is 16. The van der Waals surface area contributed by atoms with Crippen LogP contribution in [0.15, 0.2) is 127 Å². The number of ether oxygens (including phenoxy) is 2. The van der Waals surface area contributed by atoms with Gasteiger partial charge < -0.3 is 75.8 Å². The number of fused-ring (bicyclic) bond motifs is 8. The van der Waals surface area contributed by atoms with Gasteiger partial charge in [-0.2, -0.15) is 30.6 Å². The van der Waals surface area contributed by atoms with Crippen molar-refractivity contribution in [1.29, 1.82) is 0 Å². The summed E-state index contributed by atoms with van der Waals surface area (Å²) in [6.45, 7) is 24.9. The maximum atomic E-state index is 12.6. The fraction of sp³-hybridized carbons (Fsp3) is 0.226. The van der Waals surface area contributed by atoms with E-state index in [1.165, 1.54) is 79.1 Å². The fourth-order valence-electron chi connectivity index (χ4n) is 14.4. The molecule has 36 nitrogen and oxygen atoms in total. The number of anilines is 6. The van der Waals surface area contributed by atoms with Gasteiger partial charge in [-0.3, -0.25) is 38.7 Å². The Morgan fingerprint density at radius 2 is 0.699 bits per heavy atom. The van der Waals surface area contributed by atoms with E-state index in [-0.39, 0.29) is 42.0 Å². The number of hydrogen-bond donors (Lipinski definition) is 12. The largest absolute Gasteiger partial charge is 0.493 e. The zero-order valence-corrected chi connectivity index (χ0v) is 81.2. The molecule has 18 heterocycles. The highest BCUT2D eigenvalue weighted by atomic mass is 32.1. The lowest BCUT2D eigenvalue weighted by atomic mass is 10.1. The molecular formula is C93H92N28O8S7. The quantitative estimate of drug-likeness (QED) is 0.0379. The van der Waals surface area contributed by atoms with Crippen LogP contribution < -0.4 is 75.8 Å². The van der Waals surface area contributed by atoms with Gasteiger partial charge in [-0.05, 0) is 192 Å². The molecule has 2 aromatic carbocycles. The number of nitrogens with two attached hydrogens (primary N) is 6. The molecule has 0 fully saturated rings. The molecule has 2 aliphatic heterocycles. The van der Waals surface area contributed by atoms with Crippen molar-refractivity contribution in [1.82, 2.24) is 113 Å². The summed E-state index contributed by atoms with van der Waals surface area (Å²) in [5.74, 6) is 1.20. The van der Waals surface area contributed by atoms with Crippen LogP contribution in [-0.4, -0.2) is 130 Å². The molecule has 18 N–H and O–H groups in total. The minimum Gasteiger partial charge on any atom is -0.493 e. The lowest BCUT2D eigenvalue weighted by molar-refractivity contribution is 0.0946. The first-order chi connectivity index (χ1) is 65.5. The van der Waals surface area contributed by atoms with E-state index in [4.69, 9.17) is 43.9 Å². The third kappa shape index (κ3) is 21.4. The molecular weight excluding hydrogens is 1860 g/mol. The van der Waals surface area contributed by atoms with Crippen LogP contribution in [0.3, 0.4) is 0 Å². The Morgan fingerprint density at radius 3 is 1.07 bits per heavy atom. The molecule has 0 saturated carbocycles. The van der Waals surface area contributed by atoms with Crippen molar-refractivity contribution >= 4 is 210 Å². The monoisotopic (exact) mass is 1950 g/mol. The number of aryl methyl sites for hydroxylation is 11. The van der Waals surface area contributed by atoms with E-state index in [1.807, 2.05) is 148 Å². The smallest absolute Gasteiger partial charge is 0.263 e. The van der Waals surface area contributed by atoms with Gasteiger partial charge in [-0.1, -0.05) is 36.4 Å². The van der Waals surface area contributed by atoms with Crippen molar-refractivity contribution in [2.45, 2.75) is 128 Å². The van der Waals surface area contributed by atoms with E-state index in [0.717, 1.165) is 159 Å². The highest BCUT2D eigenvalue weighted by Crippen LogP contribution is 2.41. The molecule has 18 aromatic rings. The Labute approximate surface area is 805 Å². The first kappa shape index (κ1) is 95.6. The van der Waals surface area contributed by atoms with Crippen LogP contribution in [0.5, 0.6) is 11.5 Å². The number of carbonyl (C=O) groups excluding carboxylic acids is 6. The van der Waals surface area contributed by atoms with Gasteiger partial charge in [0.15, 0.2) is 0 Å². The highest BCUT2D eigenvalue weighted by Gasteiger charge is 2.28. The van der Waals surface area contributed by atoms with Gasteiger partial charge in [-0.15, -0.1) is 110 Å². The Balaban J connectivity index is 0.000000124. The van der Waals surface area contributed by atoms with Crippen molar-refractivity contribution in [2.24, 2.45) is 0 Å².